The van der Waals surface area contributed by atoms with E-state index in [0.29, 0.717) is 43.0 Å². The highest BCUT2D eigenvalue weighted by atomic mass is 19.4. The zero-order chi connectivity index (χ0) is 22.2. The van der Waals surface area contributed by atoms with Crippen LogP contribution in [0.25, 0.3) is 0 Å². The highest BCUT2D eigenvalue weighted by Gasteiger charge is 2.34. The summed E-state index contributed by atoms with van der Waals surface area (Å²) in [6.07, 6.45) is -2.70. The summed E-state index contributed by atoms with van der Waals surface area (Å²) in [5.41, 5.74) is 0.877. The second-order valence-electron chi connectivity index (χ2n) is 7.15. The van der Waals surface area contributed by atoms with E-state index in [1.54, 1.807) is 17.0 Å². The molecule has 10 heteroatoms. The number of hydrogen-bond donors (Lipinski definition) is 2. The number of alkyl halides is 3. The Hall–Kier alpha value is -3.56. The van der Waals surface area contributed by atoms with Gasteiger partial charge in [-0.15, -0.1) is 5.10 Å². The quantitative estimate of drug-likeness (QED) is 0.603. The van der Waals surface area contributed by atoms with Crippen molar-refractivity contribution in [2.45, 2.75) is 25.6 Å². The Morgan fingerprint density at radius 1 is 1.16 bits per heavy atom. The normalized spacial score (nSPS) is 13.7. The van der Waals surface area contributed by atoms with E-state index in [-0.39, 0.29) is 24.0 Å². The number of nitrogens with zero attached hydrogens (tertiary/aromatic N) is 2. The minimum atomic E-state index is -4.78. The van der Waals surface area contributed by atoms with Crippen molar-refractivity contribution < 1.29 is 32.2 Å². The molecule has 3 aromatic rings. The predicted molar refractivity (Wildman–Crippen MR) is 101 cm³/mol. The average molecular weight is 435 g/mol. The number of benzene rings is 2. The number of ether oxygens (including phenoxy) is 1. The lowest BCUT2D eigenvalue weighted by Gasteiger charge is -2.29. The van der Waals surface area contributed by atoms with Crippen LogP contribution >= 0.6 is 0 Å². The Balaban J connectivity index is 1.48. The Morgan fingerprint density at radius 2 is 1.90 bits per heavy atom. The minimum Gasteiger partial charge on any atom is -0.492 e. The van der Waals surface area contributed by atoms with Gasteiger partial charge in [-0.2, -0.15) is 13.2 Å². The number of H-pyrrole nitrogens is 1. The molecule has 162 valence electrons. The number of halogens is 4. The van der Waals surface area contributed by atoms with Crippen LogP contribution in [-0.4, -0.2) is 32.7 Å². The molecule has 31 heavy (non-hydrogen) atoms. The Bertz CT molecular complexity index is 1130. The number of nitrogens with one attached hydrogen (secondary N) is 1. The first-order valence-electron chi connectivity index (χ1n) is 9.36. The number of amides is 1. The molecule has 0 saturated carbocycles. The summed E-state index contributed by atoms with van der Waals surface area (Å²) in [4.78, 5) is 14.2. The van der Waals surface area contributed by atoms with Crippen LogP contribution in [0.3, 0.4) is 0 Å². The van der Waals surface area contributed by atoms with Crippen LogP contribution in [-0.2, 0) is 30.4 Å². The summed E-state index contributed by atoms with van der Waals surface area (Å²) in [5.74, 6) is -1.56. The summed E-state index contributed by atoms with van der Waals surface area (Å²) >= 11 is 0. The molecule has 1 aliphatic rings. The lowest BCUT2D eigenvalue weighted by atomic mass is 9.99. The van der Waals surface area contributed by atoms with Crippen LogP contribution < -0.4 is 4.74 Å². The first-order chi connectivity index (χ1) is 14.7. The molecule has 0 spiro atoms. The molecule has 6 nitrogen and oxygen atoms in total. The number of aromatic hydroxyl groups is 1. The van der Waals surface area contributed by atoms with Gasteiger partial charge in [0.2, 0.25) is 11.8 Å². The third-order valence-electron chi connectivity index (χ3n) is 5.06. The van der Waals surface area contributed by atoms with Gasteiger partial charge in [0, 0.05) is 30.9 Å². The van der Waals surface area contributed by atoms with E-state index in [2.05, 4.69) is 10.2 Å². The SMILES string of the molecule is O=C(Cc1c[nH]nc1O)N1CCc2ccc(Oc3ccc(C(F)(F)F)c(F)c3)cc2C1. The van der Waals surface area contributed by atoms with Gasteiger partial charge in [-0.3, -0.25) is 9.89 Å². The summed E-state index contributed by atoms with van der Waals surface area (Å²) < 4.78 is 57.4. The summed E-state index contributed by atoms with van der Waals surface area (Å²) in [5, 5.41) is 15.7. The van der Waals surface area contributed by atoms with Crippen LogP contribution in [0.15, 0.2) is 42.6 Å². The van der Waals surface area contributed by atoms with Crippen molar-refractivity contribution in [3.8, 4) is 17.4 Å². The highest BCUT2D eigenvalue weighted by Crippen LogP contribution is 2.34. The third-order valence-corrected chi connectivity index (χ3v) is 5.06. The molecule has 0 fully saturated rings. The molecular weight excluding hydrogens is 418 g/mol. The fraction of sp³-hybridized carbons (Fsp3) is 0.238. The van der Waals surface area contributed by atoms with Crippen LogP contribution in [0.2, 0.25) is 0 Å². The molecule has 4 rings (SSSR count). The lowest BCUT2D eigenvalue weighted by Crippen LogP contribution is -2.36. The molecule has 0 saturated heterocycles. The third kappa shape index (κ3) is 4.47. The van der Waals surface area contributed by atoms with Crippen molar-refractivity contribution in [2.24, 2.45) is 0 Å². The Labute approximate surface area is 174 Å². The lowest BCUT2D eigenvalue weighted by molar-refractivity contribution is -0.140. The van der Waals surface area contributed by atoms with Crippen LogP contribution in [0.4, 0.5) is 17.6 Å². The van der Waals surface area contributed by atoms with Gasteiger partial charge in [-0.05, 0) is 41.8 Å². The largest absolute Gasteiger partial charge is 0.492 e. The van der Waals surface area contributed by atoms with Gasteiger partial charge < -0.3 is 14.7 Å². The molecule has 2 aromatic carbocycles. The van der Waals surface area contributed by atoms with E-state index in [0.717, 1.165) is 17.2 Å². The van der Waals surface area contributed by atoms with Gasteiger partial charge >= 0.3 is 6.18 Å². The van der Waals surface area contributed by atoms with E-state index in [9.17, 15) is 27.5 Å². The zero-order valence-corrected chi connectivity index (χ0v) is 16.0. The van der Waals surface area contributed by atoms with Crippen LogP contribution in [0, 0.1) is 5.82 Å². The van der Waals surface area contributed by atoms with Crippen molar-refractivity contribution >= 4 is 5.91 Å². The standard InChI is InChI=1S/C21H17F4N3O3/c22-18-9-16(3-4-17(18)21(23,24)25)31-15-2-1-12-5-6-28(11-14(12)7-15)19(29)8-13-10-26-27-20(13)30/h1-4,7,9-10H,5-6,8,11H2,(H2,26,27,30). The summed E-state index contributed by atoms with van der Waals surface area (Å²) in [7, 11) is 0. The maximum Gasteiger partial charge on any atom is 0.419 e. The molecular formula is C21H17F4N3O3. The van der Waals surface area contributed by atoms with Gasteiger partial charge in [-0.1, -0.05) is 6.07 Å². The Morgan fingerprint density at radius 3 is 2.58 bits per heavy atom. The highest BCUT2D eigenvalue weighted by molar-refractivity contribution is 5.79. The molecule has 2 N–H and O–H groups in total. The van der Waals surface area contributed by atoms with Gasteiger partial charge in [0.25, 0.3) is 0 Å². The molecule has 1 aliphatic heterocycles. The molecule has 0 radical (unpaired) electrons. The maximum atomic E-state index is 13.8. The molecule has 0 bridgehead atoms. The summed E-state index contributed by atoms with van der Waals surface area (Å²) in [6.45, 7) is 0.820. The molecule has 0 unspecified atom stereocenters. The number of aromatic amines is 1. The van der Waals surface area contributed by atoms with Crippen molar-refractivity contribution in [3.63, 3.8) is 0 Å². The molecule has 1 amide bonds. The number of rotatable bonds is 4. The number of fused-ring (bicyclic) bond motifs is 1. The van der Waals surface area contributed by atoms with E-state index < -0.39 is 17.6 Å². The monoisotopic (exact) mass is 435 g/mol. The number of carbonyl (C=O) groups excluding carboxylic acids is 1. The average Bonchev–Trinajstić information content (AvgIpc) is 3.11. The maximum absolute atomic E-state index is 13.8. The van der Waals surface area contributed by atoms with E-state index >= 15 is 0 Å². The molecule has 0 aliphatic carbocycles. The van der Waals surface area contributed by atoms with E-state index in [4.69, 9.17) is 4.74 Å². The van der Waals surface area contributed by atoms with Gasteiger partial charge in [0.15, 0.2) is 0 Å². The van der Waals surface area contributed by atoms with Gasteiger partial charge in [-0.25, -0.2) is 4.39 Å². The minimum absolute atomic E-state index is 0.00130. The fourth-order valence-electron chi connectivity index (χ4n) is 3.45. The fourth-order valence-corrected chi connectivity index (χ4v) is 3.45. The Kier molecular flexibility index (Phi) is 5.30. The van der Waals surface area contributed by atoms with Crippen molar-refractivity contribution in [1.29, 1.82) is 0 Å². The second kappa shape index (κ2) is 7.93. The zero-order valence-electron chi connectivity index (χ0n) is 16.0. The van der Waals surface area contributed by atoms with Crippen molar-refractivity contribution in [2.75, 3.05) is 6.54 Å². The smallest absolute Gasteiger partial charge is 0.419 e. The number of carbonyl (C=O) groups is 1. The molecule has 2 heterocycles. The first kappa shape index (κ1) is 20.7. The van der Waals surface area contributed by atoms with Crippen molar-refractivity contribution in [1.82, 2.24) is 15.1 Å². The van der Waals surface area contributed by atoms with Gasteiger partial charge in [0.05, 0.1) is 12.0 Å². The predicted octanol–water partition coefficient (Wildman–Crippen LogP) is 4.19. The molecule has 0 atom stereocenters. The van der Waals surface area contributed by atoms with Gasteiger partial charge in [0.1, 0.15) is 17.3 Å². The van der Waals surface area contributed by atoms with E-state index in [1.807, 2.05) is 6.07 Å². The van der Waals surface area contributed by atoms with Crippen molar-refractivity contribution in [3.05, 3.63) is 70.7 Å². The first-order valence-corrected chi connectivity index (χ1v) is 9.36. The van der Waals surface area contributed by atoms with E-state index in [1.165, 1.54) is 6.20 Å². The second-order valence-corrected chi connectivity index (χ2v) is 7.15. The summed E-state index contributed by atoms with van der Waals surface area (Å²) in [6, 6.07) is 7.52. The van der Waals surface area contributed by atoms with Crippen LogP contribution in [0.1, 0.15) is 22.3 Å². The number of hydrogen-bond acceptors (Lipinski definition) is 4. The topological polar surface area (TPSA) is 78.5 Å². The van der Waals surface area contributed by atoms with Crippen LogP contribution in [0.5, 0.6) is 17.4 Å². The number of aromatic nitrogens is 2. The molecule has 1 aromatic heterocycles.